The largest absolute Gasteiger partial charge is 0.383 e. The number of aliphatic imine (C=N–C) groups is 1. The highest BCUT2D eigenvalue weighted by Gasteiger charge is 2.23. The summed E-state index contributed by atoms with van der Waals surface area (Å²) in [5.41, 5.74) is 2.52. The number of benzene rings is 1. The Morgan fingerprint density at radius 1 is 1.46 bits per heavy atom. The van der Waals surface area contributed by atoms with E-state index in [4.69, 9.17) is 21.3 Å². The van der Waals surface area contributed by atoms with Gasteiger partial charge in [-0.1, -0.05) is 17.7 Å². The Labute approximate surface area is 179 Å². The Balaban J connectivity index is 0.00000338. The van der Waals surface area contributed by atoms with Gasteiger partial charge in [-0.2, -0.15) is 0 Å². The number of aryl methyl sites for hydroxylation is 1. The molecular formula is C19H32ClIN4O. The van der Waals surface area contributed by atoms with Crippen LogP contribution in [0.4, 0.5) is 5.69 Å². The fourth-order valence-corrected chi connectivity index (χ4v) is 3.36. The van der Waals surface area contributed by atoms with Crippen LogP contribution in [0.15, 0.2) is 23.2 Å². The Kier molecular flexibility index (Phi) is 10.6. The summed E-state index contributed by atoms with van der Waals surface area (Å²) < 4.78 is 5.18. The first-order chi connectivity index (χ1) is 12.0. The van der Waals surface area contributed by atoms with Gasteiger partial charge in [-0.05, 0) is 50.8 Å². The van der Waals surface area contributed by atoms with Crippen molar-refractivity contribution < 1.29 is 4.74 Å². The molecule has 5 nitrogen and oxygen atoms in total. The maximum Gasteiger partial charge on any atom is 0.191 e. The molecule has 7 heteroatoms. The molecule has 0 aliphatic carbocycles. The van der Waals surface area contributed by atoms with Crippen LogP contribution in [0, 0.1) is 12.8 Å². The highest BCUT2D eigenvalue weighted by molar-refractivity contribution is 14.0. The number of methoxy groups -OCH3 is 1. The molecule has 0 aromatic heterocycles. The van der Waals surface area contributed by atoms with Crippen LogP contribution < -0.4 is 15.5 Å². The van der Waals surface area contributed by atoms with Gasteiger partial charge in [0, 0.05) is 50.0 Å². The van der Waals surface area contributed by atoms with Crippen molar-refractivity contribution in [2.45, 2.75) is 33.2 Å². The lowest BCUT2D eigenvalue weighted by atomic mass is 10.1. The Morgan fingerprint density at radius 3 is 2.92 bits per heavy atom. The first kappa shape index (κ1) is 23.3. The highest BCUT2D eigenvalue weighted by Crippen LogP contribution is 2.29. The molecule has 0 bridgehead atoms. The molecular weight excluding hydrogens is 463 g/mol. The summed E-state index contributed by atoms with van der Waals surface area (Å²) >= 11 is 6.17. The van der Waals surface area contributed by atoms with Crippen molar-refractivity contribution in [1.82, 2.24) is 10.6 Å². The predicted octanol–water partition coefficient (Wildman–Crippen LogP) is 3.68. The van der Waals surface area contributed by atoms with Crippen LogP contribution in [0.25, 0.3) is 0 Å². The second kappa shape index (κ2) is 11.9. The lowest BCUT2D eigenvalue weighted by Gasteiger charge is -2.21. The van der Waals surface area contributed by atoms with Gasteiger partial charge in [-0.25, -0.2) is 0 Å². The van der Waals surface area contributed by atoms with Gasteiger partial charge < -0.3 is 20.3 Å². The standard InChI is InChI=1S/C19H31ClN4O.HI/c1-5-21-19(23-15(3)13-25-4)22-11-16-8-9-24(12-16)18-10-17(20)7-6-14(18)2;/h6-7,10,15-16H,5,8-9,11-13H2,1-4H3,(H2,21,22,23);1H. The van der Waals surface area contributed by atoms with Gasteiger partial charge in [0.1, 0.15) is 0 Å². The molecule has 2 N–H and O–H groups in total. The normalized spacial score (nSPS) is 18.4. The molecule has 26 heavy (non-hydrogen) atoms. The van der Waals surface area contributed by atoms with Gasteiger partial charge in [0.15, 0.2) is 5.96 Å². The summed E-state index contributed by atoms with van der Waals surface area (Å²) in [6.07, 6.45) is 1.16. The first-order valence-electron chi connectivity index (χ1n) is 9.08. The van der Waals surface area contributed by atoms with Crippen molar-refractivity contribution in [3.63, 3.8) is 0 Å². The number of hydrogen-bond acceptors (Lipinski definition) is 3. The smallest absolute Gasteiger partial charge is 0.191 e. The van der Waals surface area contributed by atoms with Crippen molar-refractivity contribution in [3.05, 3.63) is 28.8 Å². The van der Waals surface area contributed by atoms with Crippen LogP contribution in [0.2, 0.25) is 5.02 Å². The minimum atomic E-state index is 0. The maximum atomic E-state index is 6.17. The SMILES string of the molecule is CCNC(=NCC1CCN(c2cc(Cl)ccc2C)C1)NC(C)COC.I. The molecule has 0 radical (unpaired) electrons. The van der Waals surface area contributed by atoms with E-state index in [-0.39, 0.29) is 30.0 Å². The zero-order valence-electron chi connectivity index (χ0n) is 16.2. The van der Waals surface area contributed by atoms with E-state index in [9.17, 15) is 0 Å². The molecule has 148 valence electrons. The minimum absolute atomic E-state index is 0. The van der Waals surface area contributed by atoms with E-state index in [2.05, 4.69) is 48.4 Å². The summed E-state index contributed by atoms with van der Waals surface area (Å²) in [7, 11) is 1.72. The topological polar surface area (TPSA) is 48.9 Å². The van der Waals surface area contributed by atoms with Crippen LogP contribution >= 0.6 is 35.6 Å². The molecule has 2 rings (SSSR count). The first-order valence-corrected chi connectivity index (χ1v) is 9.46. The molecule has 1 aromatic rings. The van der Waals surface area contributed by atoms with E-state index in [1.807, 2.05) is 6.07 Å². The zero-order valence-corrected chi connectivity index (χ0v) is 19.3. The van der Waals surface area contributed by atoms with E-state index >= 15 is 0 Å². The van der Waals surface area contributed by atoms with Gasteiger partial charge >= 0.3 is 0 Å². The number of hydrogen-bond donors (Lipinski definition) is 2. The molecule has 1 aliphatic heterocycles. The summed E-state index contributed by atoms with van der Waals surface area (Å²) in [4.78, 5) is 7.20. The summed E-state index contributed by atoms with van der Waals surface area (Å²) in [6.45, 7) is 10.7. The van der Waals surface area contributed by atoms with Crippen molar-refractivity contribution in [3.8, 4) is 0 Å². The zero-order chi connectivity index (χ0) is 18.2. The van der Waals surface area contributed by atoms with E-state index in [1.165, 1.54) is 11.3 Å². The van der Waals surface area contributed by atoms with Crippen molar-refractivity contribution >= 4 is 47.2 Å². The van der Waals surface area contributed by atoms with E-state index in [0.717, 1.165) is 43.6 Å². The van der Waals surface area contributed by atoms with Gasteiger partial charge in [0.05, 0.1) is 6.61 Å². The number of ether oxygens (including phenoxy) is 1. The number of anilines is 1. The van der Waals surface area contributed by atoms with Gasteiger partial charge in [-0.3, -0.25) is 4.99 Å². The number of nitrogens with one attached hydrogen (secondary N) is 2. The predicted molar refractivity (Wildman–Crippen MR) is 122 cm³/mol. The van der Waals surface area contributed by atoms with E-state index in [1.54, 1.807) is 7.11 Å². The average molecular weight is 495 g/mol. The minimum Gasteiger partial charge on any atom is -0.383 e. The molecule has 1 heterocycles. The molecule has 1 aliphatic rings. The monoisotopic (exact) mass is 494 g/mol. The third kappa shape index (κ3) is 7.12. The van der Waals surface area contributed by atoms with Crippen LogP contribution in [0.1, 0.15) is 25.8 Å². The molecule has 0 amide bonds. The number of nitrogens with zero attached hydrogens (tertiary/aromatic N) is 2. The van der Waals surface area contributed by atoms with Crippen LogP contribution in [-0.2, 0) is 4.74 Å². The summed E-state index contributed by atoms with van der Waals surface area (Å²) in [5, 5.41) is 7.49. The van der Waals surface area contributed by atoms with Crippen LogP contribution in [0.5, 0.6) is 0 Å². The Hall–Kier alpha value is -0.730. The summed E-state index contributed by atoms with van der Waals surface area (Å²) in [5.74, 6) is 1.43. The van der Waals surface area contributed by atoms with E-state index in [0.29, 0.717) is 12.5 Å². The lowest BCUT2D eigenvalue weighted by molar-refractivity contribution is 0.179. The second-order valence-electron chi connectivity index (χ2n) is 6.75. The Bertz CT molecular complexity index is 585. The van der Waals surface area contributed by atoms with E-state index < -0.39 is 0 Å². The number of halogens is 2. The lowest BCUT2D eigenvalue weighted by Crippen LogP contribution is -2.44. The Morgan fingerprint density at radius 2 is 2.23 bits per heavy atom. The molecule has 2 atom stereocenters. The molecule has 1 aromatic carbocycles. The van der Waals surface area contributed by atoms with Crippen molar-refractivity contribution in [2.75, 3.05) is 44.8 Å². The third-order valence-electron chi connectivity index (χ3n) is 4.45. The molecule has 0 spiro atoms. The molecule has 2 unspecified atom stereocenters. The van der Waals surface area contributed by atoms with Crippen LogP contribution in [-0.4, -0.2) is 51.9 Å². The van der Waals surface area contributed by atoms with Crippen molar-refractivity contribution in [2.24, 2.45) is 10.9 Å². The van der Waals surface area contributed by atoms with Gasteiger partial charge in [0.2, 0.25) is 0 Å². The molecule has 0 saturated carbocycles. The highest BCUT2D eigenvalue weighted by atomic mass is 127. The second-order valence-corrected chi connectivity index (χ2v) is 7.19. The third-order valence-corrected chi connectivity index (χ3v) is 4.68. The van der Waals surface area contributed by atoms with Gasteiger partial charge in [-0.15, -0.1) is 24.0 Å². The molecule has 1 fully saturated rings. The molecule has 1 saturated heterocycles. The average Bonchev–Trinajstić information content (AvgIpc) is 3.04. The maximum absolute atomic E-state index is 6.17. The van der Waals surface area contributed by atoms with Gasteiger partial charge in [0.25, 0.3) is 0 Å². The van der Waals surface area contributed by atoms with Crippen LogP contribution in [0.3, 0.4) is 0 Å². The quantitative estimate of drug-likeness (QED) is 0.345. The van der Waals surface area contributed by atoms with Crippen molar-refractivity contribution in [1.29, 1.82) is 0 Å². The summed E-state index contributed by atoms with van der Waals surface area (Å²) in [6, 6.07) is 6.35. The fourth-order valence-electron chi connectivity index (χ4n) is 3.19. The number of guanidine groups is 1. The fraction of sp³-hybridized carbons (Fsp3) is 0.632. The number of rotatable bonds is 7.